The zero-order valence-electron chi connectivity index (χ0n) is 13.6. The van der Waals surface area contributed by atoms with Crippen LogP contribution >= 0.6 is 23.4 Å². The molecule has 1 N–H and O–H groups in total. The van der Waals surface area contributed by atoms with Gasteiger partial charge in [0.1, 0.15) is 0 Å². The molecule has 0 fully saturated rings. The fourth-order valence-electron chi connectivity index (χ4n) is 2.21. The van der Waals surface area contributed by atoms with Gasteiger partial charge in [0, 0.05) is 24.0 Å². The Labute approximate surface area is 163 Å². The van der Waals surface area contributed by atoms with Crippen molar-refractivity contribution in [3.05, 3.63) is 57.2 Å². The van der Waals surface area contributed by atoms with E-state index in [0.717, 1.165) is 28.4 Å². The number of carbonyl (C=O) groups is 1. The molecule has 0 spiro atoms. The summed E-state index contributed by atoms with van der Waals surface area (Å²) in [7, 11) is 0. The van der Waals surface area contributed by atoms with Crippen LogP contribution in [0.3, 0.4) is 0 Å². The van der Waals surface area contributed by atoms with Crippen molar-refractivity contribution in [3.63, 3.8) is 0 Å². The number of benzene rings is 1. The summed E-state index contributed by atoms with van der Waals surface area (Å²) >= 11 is 6.66. The topological polar surface area (TPSA) is 102 Å². The van der Waals surface area contributed by atoms with Crippen LogP contribution in [0.5, 0.6) is 0 Å². The van der Waals surface area contributed by atoms with Crippen LogP contribution in [0.25, 0.3) is 5.65 Å². The number of hydrogen-bond donors (Lipinski definition) is 1. The third kappa shape index (κ3) is 4.34. The van der Waals surface area contributed by atoms with Crippen molar-refractivity contribution in [1.29, 1.82) is 0 Å². The van der Waals surface area contributed by atoms with E-state index in [4.69, 9.17) is 11.6 Å². The van der Waals surface area contributed by atoms with E-state index >= 15 is 0 Å². The minimum atomic E-state index is -4.61. The number of nitrogens with one attached hydrogen (secondary N) is 1. The number of carbonyl (C=O) groups excluding carboxylic acids is 1. The quantitative estimate of drug-likeness (QED) is 0.371. The molecule has 2 aromatic heterocycles. The molecule has 0 aliphatic rings. The van der Waals surface area contributed by atoms with Crippen LogP contribution in [-0.4, -0.2) is 31.2 Å². The minimum absolute atomic E-state index is 0.0243. The summed E-state index contributed by atoms with van der Waals surface area (Å²) in [4.78, 5) is 22.2. The Bertz CT molecular complexity index is 1070. The second kappa shape index (κ2) is 7.64. The molecule has 8 nitrogen and oxygen atoms in total. The van der Waals surface area contributed by atoms with Gasteiger partial charge >= 0.3 is 6.18 Å². The highest BCUT2D eigenvalue weighted by molar-refractivity contribution is 7.99. The van der Waals surface area contributed by atoms with Crippen molar-refractivity contribution >= 4 is 46.3 Å². The average molecular weight is 432 g/mol. The molecule has 1 amide bonds. The van der Waals surface area contributed by atoms with Gasteiger partial charge in [-0.15, -0.1) is 10.2 Å². The molecular formula is C15H9ClF3N5O3S. The molecule has 13 heteroatoms. The van der Waals surface area contributed by atoms with Gasteiger partial charge in [-0.2, -0.15) is 13.2 Å². The molecule has 146 valence electrons. The van der Waals surface area contributed by atoms with E-state index in [0.29, 0.717) is 0 Å². The number of nitrogens with zero attached hydrogens (tertiary/aromatic N) is 4. The molecule has 3 aromatic rings. The number of rotatable bonds is 5. The zero-order valence-corrected chi connectivity index (χ0v) is 15.2. The van der Waals surface area contributed by atoms with E-state index < -0.39 is 22.6 Å². The number of hydrogen-bond acceptors (Lipinski definition) is 6. The Kier molecular flexibility index (Phi) is 5.42. The van der Waals surface area contributed by atoms with Gasteiger partial charge in [-0.25, -0.2) is 0 Å². The molecule has 0 radical (unpaired) electrons. The van der Waals surface area contributed by atoms with Crippen molar-refractivity contribution < 1.29 is 22.9 Å². The molecule has 3 rings (SSSR count). The predicted octanol–water partition coefficient (Wildman–Crippen LogP) is 4.04. The van der Waals surface area contributed by atoms with E-state index in [9.17, 15) is 28.1 Å². The third-order valence-corrected chi connectivity index (χ3v) is 4.65. The Morgan fingerprint density at radius 2 is 2.07 bits per heavy atom. The highest BCUT2D eigenvalue weighted by Gasteiger charge is 2.32. The Morgan fingerprint density at radius 1 is 1.32 bits per heavy atom. The van der Waals surface area contributed by atoms with E-state index in [1.165, 1.54) is 24.3 Å². The Morgan fingerprint density at radius 3 is 2.75 bits per heavy atom. The van der Waals surface area contributed by atoms with Gasteiger partial charge in [-0.3, -0.25) is 19.3 Å². The fourth-order valence-corrected chi connectivity index (χ4v) is 3.17. The number of pyridine rings is 1. The number of nitro groups is 1. The summed E-state index contributed by atoms with van der Waals surface area (Å²) in [6.07, 6.45) is -3.81. The first kappa shape index (κ1) is 19.9. The minimum Gasteiger partial charge on any atom is -0.325 e. The predicted molar refractivity (Wildman–Crippen MR) is 95.4 cm³/mol. The van der Waals surface area contributed by atoms with Crippen LogP contribution in [-0.2, 0) is 11.0 Å². The monoisotopic (exact) mass is 431 g/mol. The first-order valence-electron chi connectivity index (χ1n) is 7.44. The number of alkyl halides is 3. The maximum absolute atomic E-state index is 12.9. The molecule has 0 saturated heterocycles. The van der Waals surface area contributed by atoms with Gasteiger partial charge in [0.05, 0.1) is 21.3 Å². The summed E-state index contributed by atoms with van der Waals surface area (Å²) in [5, 5.41) is 20.5. The SMILES string of the molecule is O=C(CSc1nnc2c(Cl)cc(C(F)(F)F)cn12)Nc1cccc([N+](=O)[O-])c1. The van der Waals surface area contributed by atoms with Crippen molar-refractivity contribution in [3.8, 4) is 0 Å². The second-order valence-electron chi connectivity index (χ2n) is 5.39. The summed E-state index contributed by atoms with van der Waals surface area (Å²) in [6, 6.07) is 6.08. The Balaban J connectivity index is 1.74. The van der Waals surface area contributed by atoms with Crippen molar-refractivity contribution in [1.82, 2.24) is 14.6 Å². The number of halogens is 4. The van der Waals surface area contributed by atoms with Gasteiger partial charge < -0.3 is 5.32 Å². The first-order chi connectivity index (χ1) is 13.1. The van der Waals surface area contributed by atoms with Crippen LogP contribution in [0.4, 0.5) is 24.5 Å². The highest BCUT2D eigenvalue weighted by atomic mass is 35.5. The molecule has 0 unspecified atom stereocenters. The van der Waals surface area contributed by atoms with Crippen molar-refractivity contribution in [2.24, 2.45) is 0 Å². The lowest BCUT2D eigenvalue weighted by molar-refractivity contribution is -0.384. The maximum atomic E-state index is 12.9. The van der Waals surface area contributed by atoms with Crippen LogP contribution in [0.15, 0.2) is 41.7 Å². The lowest BCUT2D eigenvalue weighted by Crippen LogP contribution is -2.14. The van der Waals surface area contributed by atoms with Crippen LogP contribution in [0, 0.1) is 10.1 Å². The molecule has 0 aliphatic carbocycles. The molecule has 0 atom stereocenters. The van der Waals surface area contributed by atoms with Gasteiger partial charge in [-0.1, -0.05) is 29.4 Å². The van der Waals surface area contributed by atoms with E-state index in [2.05, 4.69) is 15.5 Å². The van der Waals surface area contributed by atoms with Gasteiger partial charge in [-0.05, 0) is 12.1 Å². The molecule has 2 heterocycles. The van der Waals surface area contributed by atoms with Gasteiger partial charge in [0.2, 0.25) is 5.91 Å². The van der Waals surface area contributed by atoms with Crippen molar-refractivity contribution in [2.75, 3.05) is 11.1 Å². The molecule has 0 saturated carbocycles. The largest absolute Gasteiger partial charge is 0.417 e. The van der Waals surface area contributed by atoms with E-state index in [1.807, 2.05) is 0 Å². The van der Waals surface area contributed by atoms with Crippen molar-refractivity contribution in [2.45, 2.75) is 11.3 Å². The molecule has 0 aliphatic heterocycles. The molecular weight excluding hydrogens is 423 g/mol. The number of amides is 1. The van der Waals surface area contributed by atoms with Crippen LogP contribution < -0.4 is 5.32 Å². The molecule has 0 bridgehead atoms. The Hall–Kier alpha value is -2.86. The van der Waals surface area contributed by atoms with E-state index in [1.54, 1.807) is 0 Å². The fraction of sp³-hybridized carbons (Fsp3) is 0.133. The number of aromatic nitrogens is 3. The standard InChI is InChI=1S/C15H9ClF3N5O3S/c16-11-4-8(15(17,18)19)6-23-13(11)21-22-14(23)28-7-12(25)20-9-2-1-3-10(5-9)24(26)27/h1-6H,7H2,(H,20,25). The lowest BCUT2D eigenvalue weighted by Gasteiger charge is -2.09. The summed E-state index contributed by atoms with van der Waals surface area (Å²) < 4.78 is 39.9. The van der Waals surface area contributed by atoms with Crippen LogP contribution in [0.1, 0.15) is 5.56 Å². The molecule has 1 aromatic carbocycles. The normalized spacial score (nSPS) is 11.6. The zero-order chi connectivity index (χ0) is 20.5. The maximum Gasteiger partial charge on any atom is 0.417 e. The van der Waals surface area contributed by atoms with E-state index in [-0.39, 0.29) is 33.0 Å². The number of nitro benzene ring substituents is 1. The molecule has 28 heavy (non-hydrogen) atoms. The third-order valence-electron chi connectivity index (χ3n) is 3.43. The number of anilines is 1. The average Bonchev–Trinajstić information content (AvgIpc) is 3.03. The highest BCUT2D eigenvalue weighted by Crippen LogP contribution is 2.33. The number of thioether (sulfide) groups is 1. The van der Waals surface area contributed by atoms with Gasteiger partial charge in [0.15, 0.2) is 10.8 Å². The number of non-ortho nitro benzene ring substituents is 1. The summed E-state index contributed by atoms with van der Waals surface area (Å²) in [6.45, 7) is 0. The lowest BCUT2D eigenvalue weighted by atomic mass is 10.3. The van der Waals surface area contributed by atoms with Gasteiger partial charge in [0.25, 0.3) is 5.69 Å². The van der Waals surface area contributed by atoms with Crippen LogP contribution in [0.2, 0.25) is 5.02 Å². The second-order valence-corrected chi connectivity index (χ2v) is 6.74. The smallest absolute Gasteiger partial charge is 0.325 e. The first-order valence-corrected chi connectivity index (χ1v) is 8.80. The summed E-state index contributed by atoms with van der Waals surface area (Å²) in [5.41, 5.74) is -0.930. The summed E-state index contributed by atoms with van der Waals surface area (Å²) in [5.74, 6) is -0.738. The number of fused-ring (bicyclic) bond motifs is 1.